The van der Waals surface area contributed by atoms with Gasteiger partial charge in [-0.3, -0.25) is 9.59 Å². The van der Waals surface area contributed by atoms with Crippen LogP contribution in [0.5, 0.6) is 0 Å². The molecule has 0 aliphatic carbocycles. The zero-order valence-corrected chi connectivity index (χ0v) is 16.2. The molecule has 2 aromatic rings. The number of carbonyl (C=O) groups is 2. The molecule has 2 N–H and O–H groups in total. The van der Waals surface area contributed by atoms with Gasteiger partial charge in [-0.2, -0.15) is 0 Å². The third-order valence-corrected chi connectivity index (χ3v) is 4.95. The number of rotatable bonds is 6. The van der Waals surface area contributed by atoms with Crippen molar-refractivity contribution in [2.24, 2.45) is 5.92 Å². The molecular weight excluding hydrogens is 361 g/mol. The lowest BCUT2D eigenvalue weighted by atomic mass is 10.0. The molecule has 28 heavy (non-hydrogen) atoms. The van der Waals surface area contributed by atoms with E-state index in [0.717, 1.165) is 37.5 Å². The molecule has 1 aliphatic heterocycles. The predicted octanol–water partition coefficient (Wildman–Crippen LogP) is 2.21. The Hall–Kier alpha value is -2.77. The summed E-state index contributed by atoms with van der Waals surface area (Å²) in [6.45, 7) is 4.85. The van der Waals surface area contributed by atoms with Crippen LogP contribution in [0, 0.1) is 11.7 Å². The highest BCUT2D eigenvalue weighted by Crippen LogP contribution is 2.14. The Labute approximate surface area is 163 Å². The minimum atomic E-state index is -0.705. The molecule has 0 saturated carbocycles. The zero-order chi connectivity index (χ0) is 20.1. The third-order valence-electron chi connectivity index (χ3n) is 4.95. The van der Waals surface area contributed by atoms with Gasteiger partial charge < -0.3 is 15.2 Å². The second kappa shape index (κ2) is 8.95. The van der Waals surface area contributed by atoms with Crippen molar-refractivity contribution in [3.05, 3.63) is 47.3 Å². The number of benzene rings is 1. The van der Waals surface area contributed by atoms with Crippen LogP contribution in [0.3, 0.4) is 0 Å². The molecule has 2 amide bonds. The number of nitrogens with zero attached hydrogens (tertiary/aromatic N) is 3. The van der Waals surface area contributed by atoms with Crippen molar-refractivity contribution in [3.63, 3.8) is 0 Å². The topological polar surface area (TPSA) is 88.9 Å². The van der Waals surface area contributed by atoms with Gasteiger partial charge in [-0.05, 0) is 43.0 Å². The average molecular weight is 387 g/mol. The van der Waals surface area contributed by atoms with Gasteiger partial charge in [-0.15, -0.1) is 10.2 Å². The fraction of sp³-hybridized carbons (Fsp3) is 0.500. The van der Waals surface area contributed by atoms with Gasteiger partial charge in [0.1, 0.15) is 17.7 Å². The average Bonchev–Trinajstić information content (AvgIpc) is 2.90. The molecule has 1 aromatic heterocycles. The zero-order valence-electron chi connectivity index (χ0n) is 16.2. The molecule has 1 aliphatic rings. The molecule has 0 spiro atoms. The molecule has 0 bridgehead atoms. The second-order valence-electron chi connectivity index (χ2n) is 7.41. The van der Waals surface area contributed by atoms with E-state index in [2.05, 4.69) is 25.4 Å². The van der Waals surface area contributed by atoms with Crippen LogP contribution < -0.4 is 10.6 Å². The van der Waals surface area contributed by atoms with Crippen molar-refractivity contribution in [3.8, 4) is 0 Å². The van der Waals surface area contributed by atoms with Gasteiger partial charge in [0.05, 0.1) is 6.54 Å². The van der Waals surface area contributed by atoms with E-state index >= 15 is 0 Å². The molecule has 0 saturated heterocycles. The molecule has 0 radical (unpaired) electrons. The monoisotopic (exact) mass is 387 g/mol. The summed E-state index contributed by atoms with van der Waals surface area (Å²) in [4.78, 5) is 25.1. The number of carbonyl (C=O) groups excluding carboxylic acids is 2. The van der Waals surface area contributed by atoms with Gasteiger partial charge in [-0.1, -0.05) is 20.3 Å². The Bertz CT molecular complexity index is 832. The van der Waals surface area contributed by atoms with Crippen LogP contribution in [-0.4, -0.2) is 32.6 Å². The summed E-state index contributed by atoms with van der Waals surface area (Å²) >= 11 is 0. The van der Waals surface area contributed by atoms with Crippen molar-refractivity contribution >= 4 is 11.8 Å². The number of aryl methyl sites for hydroxylation is 1. The van der Waals surface area contributed by atoms with Gasteiger partial charge in [0.2, 0.25) is 5.91 Å². The number of aromatic nitrogens is 3. The molecule has 150 valence electrons. The lowest BCUT2D eigenvalue weighted by molar-refractivity contribution is -0.124. The fourth-order valence-electron chi connectivity index (χ4n) is 3.31. The quantitative estimate of drug-likeness (QED) is 0.795. The summed E-state index contributed by atoms with van der Waals surface area (Å²) in [6.07, 6.45) is 4.26. The van der Waals surface area contributed by atoms with E-state index in [0.29, 0.717) is 5.56 Å². The SMILES string of the molecule is CC(C)C(NC(=O)c1ccc(F)cc1)C(=O)NCc1nnc2n1CCCCC2. The molecule has 1 unspecified atom stereocenters. The molecule has 1 aromatic carbocycles. The Kier molecular flexibility index (Phi) is 6.38. The predicted molar refractivity (Wildman–Crippen MR) is 102 cm³/mol. The molecular formula is C20H26FN5O2. The third kappa shape index (κ3) is 4.74. The largest absolute Gasteiger partial charge is 0.347 e. The summed E-state index contributed by atoms with van der Waals surface area (Å²) < 4.78 is 15.1. The van der Waals surface area contributed by atoms with Crippen molar-refractivity contribution in [2.45, 2.75) is 58.7 Å². The number of hydrogen-bond donors (Lipinski definition) is 2. The fourth-order valence-corrected chi connectivity index (χ4v) is 3.31. The Morgan fingerprint density at radius 1 is 1.14 bits per heavy atom. The number of nitrogens with one attached hydrogen (secondary N) is 2. The number of amides is 2. The maximum Gasteiger partial charge on any atom is 0.251 e. The summed E-state index contributed by atoms with van der Waals surface area (Å²) in [5, 5.41) is 14.0. The first-order valence-electron chi connectivity index (χ1n) is 9.71. The van der Waals surface area contributed by atoms with Crippen molar-refractivity contribution in [1.29, 1.82) is 0 Å². The van der Waals surface area contributed by atoms with Gasteiger partial charge in [-0.25, -0.2) is 4.39 Å². The summed E-state index contributed by atoms with van der Waals surface area (Å²) in [6, 6.07) is 4.52. The summed E-state index contributed by atoms with van der Waals surface area (Å²) in [5.74, 6) is 0.480. The highest BCUT2D eigenvalue weighted by Gasteiger charge is 2.25. The standard InChI is InChI=1S/C20H26FN5O2/c1-13(2)18(23-19(27)14-7-9-15(21)10-8-14)20(28)22-12-17-25-24-16-6-4-3-5-11-26(16)17/h7-10,13,18H,3-6,11-12H2,1-2H3,(H,22,28)(H,23,27). The first-order chi connectivity index (χ1) is 13.5. The Morgan fingerprint density at radius 2 is 1.89 bits per heavy atom. The minimum Gasteiger partial charge on any atom is -0.347 e. The van der Waals surface area contributed by atoms with Crippen LogP contribution in [-0.2, 0) is 24.3 Å². The van der Waals surface area contributed by atoms with Crippen molar-refractivity contribution in [2.75, 3.05) is 0 Å². The van der Waals surface area contributed by atoms with E-state index in [-0.39, 0.29) is 18.4 Å². The van der Waals surface area contributed by atoms with E-state index in [4.69, 9.17) is 0 Å². The molecule has 1 atom stereocenters. The minimum absolute atomic E-state index is 0.111. The highest BCUT2D eigenvalue weighted by molar-refractivity contribution is 5.97. The van der Waals surface area contributed by atoms with E-state index in [1.54, 1.807) is 0 Å². The molecule has 0 fully saturated rings. The van der Waals surface area contributed by atoms with Crippen LogP contribution in [0.1, 0.15) is 55.1 Å². The Morgan fingerprint density at radius 3 is 2.61 bits per heavy atom. The van der Waals surface area contributed by atoms with Gasteiger partial charge in [0, 0.05) is 18.5 Å². The maximum atomic E-state index is 13.0. The van der Waals surface area contributed by atoms with Gasteiger partial charge in [0.15, 0.2) is 5.82 Å². The number of halogens is 1. The van der Waals surface area contributed by atoms with Crippen molar-refractivity contribution in [1.82, 2.24) is 25.4 Å². The van der Waals surface area contributed by atoms with Crippen LogP contribution in [0.25, 0.3) is 0 Å². The first kappa shape index (κ1) is 20.0. The normalized spacial score (nSPS) is 14.9. The molecule has 3 rings (SSSR count). The van der Waals surface area contributed by atoms with Crippen molar-refractivity contribution < 1.29 is 14.0 Å². The van der Waals surface area contributed by atoms with Gasteiger partial charge in [0.25, 0.3) is 5.91 Å². The molecule has 7 nitrogen and oxygen atoms in total. The van der Waals surface area contributed by atoms with E-state index in [1.165, 1.54) is 30.7 Å². The Balaban J connectivity index is 1.63. The van der Waals surface area contributed by atoms with Crippen LogP contribution in [0.15, 0.2) is 24.3 Å². The van der Waals surface area contributed by atoms with Gasteiger partial charge >= 0.3 is 0 Å². The van der Waals surface area contributed by atoms with E-state index in [1.807, 2.05) is 13.8 Å². The highest BCUT2D eigenvalue weighted by atomic mass is 19.1. The molecule has 8 heteroatoms. The molecule has 2 heterocycles. The van der Waals surface area contributed by atoms with Crippen LogP contribution >= 0.6 is 0 Å². The van der Waals surface area contributed by atoms with Crippen LogP contribution in [0.4, 0.5) is 4.39 Å². The lowest BCUT2D eigenvalue weighted by Crippen LogP contribution is -2.49. The lowest BCUT2D eigenvalue weighted by Gasteiger charge is -2.21. The van der Waals surface area contributed by atoms with E-state index in [9.17, 15) is 14.0 Å². The number of hydrogen-bond acceptors (Lipinski definition) is 4. The summed E-state index contributed by atoms with van der Waals surface area (Å²) in [5.41, 5.74) is 0.308. The smallest absolute Gasteiger partial charge is 0.251 e. The maximum absolute atomic E-state index is 13.0. The first-order valence-corrected chi connectivity index (χ1v) is 9.71. The number of fused-ring (bicyclic) bond motifs is 1. The van der Waals surface area contributed by atoms with Crippen LogP contribution in [0.2, 0.25) is 0 Å². The summed E-state index contributed by atoms with van der Waals surface area (Å²) in [7, 11) is 0. The second-order valence-corrected chi connectivity index (χ2v) is 7.41. The van der Waals surface area contributed by atoms with E-state index < -0.39 is 17.8 Å².